The molecule has 2 heterocycles. The molecule has 1 saturated carbocycles. The smallest absolute Gasteiger partial charge is 0.263 e. The highest BCUT2D eigenvalue weighted by Gasteiger charge is 2.47. The molecule has 5 rings (SSSR count). The van der Waals surface area contributed by atoms with E-state index in [-0.39, 0.29) is 5.56 Å². The summed E-state index contributed by atoms with van der Waals surface area (Å²) in [6.45, 7) is 8.92. The van der Waals surface area contributed by atoms with Crippen molar-refractivity contribution in [3.8, 4) is 0 Å². The van der Waals surface area contributed by atoms with Crippen LogP contribution in [0.4, 0.5) is 26.0 Å². The van der Waals surface area contributed by atoms with E-state index in [2.05, 4.69) is 30.1 Å². The first-order valence-corrected chi connectivity index (χ1v) is 12.3. The molecule has 3 N–H and O–H groups in total. The van der Waals surface area contributed by atoms with Gasteiger partial charge >= 0.3 is 0 Å². The predicted molar refractivity (Wildman–Crippen MR) is 135 cm³/mol. The summed E-state index contributed by atoms with van der Waals surface area (Å²) in [5, 5.41) is 4.39. The minimum atomic E-state index is -2.55. The highest BCUT2D eigenvalue weighted by molar-refractivity contribution is 5.96. The van der Waals surface area contributed by atoms with Crippen LogP contribution in [-0.2, 0) is 19.4 Å². The van der Waals surface area contributed by atoms with E-state index in [0.717, 1.165) is 42.7 Å². The largest absolute Gasteiger partial charge is 0.399 e. The standard InChI is InChI=1S/C27H33F2N5/c1-4-20-21(5-2)24-22(12-23(20)34-14-27(15-34)7-6-8-27)26(33-16(3)32-24)31-13-17-9-18(25(28)29)11-19(30)10-17/h9-12,25H,4-8,13-15,30H2,1-3H3,(H,31,32,33). The molecule has 1 spiro atoms. The molecule has 7 heteroatoms. The maximum absolute atomic E-state index is 13.2. The number of benzene rings is 2. The van der Waals surface area contributed by atoms with Crippen LogP contribution in [0.3, 0.4) is 0 Å². The van der Waals surface area contributed by atoms with Gasteiger partial charge in [0.15, 0.2) is 0 Å². The zero-order valence-corrected chi connectivity index (χ0v) is 20.2. The van der Waals surface area contributed by atoms with Crippen molar-refractivity contribution in [3.63, 3.8) is 0 Å². The zero-order chi connectivity index (χ0) is 24.0. The lowest BCUT2D eigenvalue weighted by Crippen LogP contribution is -2.60. The van der Waals surface area contributed by atoms with Gasteiger partial charge in [-0.1, -0.05) is 20.3 Å². The van der Waals surface area contributed by atoms with E-state index in [1.54, 1.807) is 6.07 Å². The summed E-state index contributed by atoms with van der Waals surface area (Å²) in [7, 11) is 0. The third kappa shape index (κ3) is 3.95. The Morgan fingerprint density at radius 2 is 1.79 bits per heavy atom. The molecule has 1 saturated heterocycles. The lowest BCUT2D eigenvalue weighted by atomic mass is 9.63. The first-order valence-electron chi connectivity index (χ1n) is 12.3. The van der Waals surface area contributed by atoms with Crippen LogP contribution in [0, 0.1) is 12.3 Å². The maximum atomic E-state index is 13.2. The predicted octanol–water partition coefficient (Wildman–Crippen LogP) is 6.19. The number of nitrogen functional groups attached to an aromatic ring is 1. The van der Waals surface area contributed by atoms with Gasteiger partial charge in [0.1, 0.15) is 11.6 Å². The second-order valence-electron chi connectivity index (χ2n) is 9.95. The Bertz CT molecular complexity index is 1230. The Balaban J connectivity index is 1.53. The number of rotatable bonds is 7. The van der Waals surface area contributed by atoms with E-state index in [0.29, 0.717) is 29.0 Å². The summed E-state index contributed by atoms with van der Waals surface area (Å²) in [6.07, 6.45) is 3.34. The summed E-state index contributed by atoms with van der Waals surface area (Å²) < 4.78 is 26.5. The van der Waals surface area contributed by atoms with Crippen molar-refractivity contribution in [2.75, 3.05) is 29.0 Å². The molecule has 0 radical (unpaired) electrons. The molecule has 0 atom stereocenters. The maximum Gasteiger partial charge on any atom is 0.263 e. The van der Waals surface area contributed by atoms with Crippen molar-refractivity contribution in [1.29, 1.82) is 0 Å². The topological polar surface area (TPSA) is 67.1 Å². The number of hydrogen-bond donors (Lipinski definition) is 2. The van der Waals surface area contributed by atoms with E-state index < -0.39 is 6.43 Å². The number of alkyl halides is 2. The molecule has 0 bridgehead atoms. The third-order valence-electron chi connectivity index (χ3n) is 7.56. The highest BCUT2D eigenvalue weighted by atomic mass is 19.3. The molecule has 0 unspecified atom stereocenters. The number of halogens is 2. The zero-order valence-electron chi connectivity index (χ0n) is 20.2. The summed E-state index contributed by atoms with van der Waals surface area (Å²) in [5.41, 5.74) is 12.3. The van der Waals surface area contributed by atoms with Gasteiger partial charge in [0.05, 0.1) is 5.52 Å². The fraction of sp³-hybridized carbons (Fsp3) is 0.481. The van der Waals surface area contributed by atoms with Gasteiger partial charge in [0, 0.05) is 47.4 Å². The van der Waals surface area contributed by atoms with Crippen molar-refractivity contribution in [3.05, 3.63) is 52.3 Å². The fourth-order valence-electron chi connectivity index (χ4n) is 5.75. The number of anilines is 3. The monoisotopic (exact) mass is 465 g/mol. The SMILES string of the molecule is CCc1c(N2CC3(CCC3)C2)cc2c(NCc3cc(N)cc(C(F)F)c3)nc(C)nc2c1CC. The van der Waals surface area contributed by atoms with Gasteiger partial charge in [0.2, 0.25) is 0 Å². The first-order chi connectivity index (χ1) is 16.3. The highest BCUT2D eigenvalue weighted by Crippen LogP contribution is 2.51. The number of fused-ring (bicyclic) bond motifs is 1. The Morgan fingerprint density at radius 3 is 2.41 bits per heavy atom. The number of aromatic nitrogens is 2. The van der Waals surface area contributed by atoms with Crippen molar-refractivity contribution in [2.24, 2.45) is 5.41 Å². The van der Waals surface area contributed by atoms with Crippen LogP contribution in [0.25, 0.3) is 10.9 Å². The lowest BCUT2D eigenvalue weighted by molar-refractivity contribution is 0.0903. The molecule has 2 aliphatic rings. The molecule has 1 aliphatic heterocycles. The van der Waals surface area contributed by atoms with Gasteiger partial charge in [-0.15, -0.1) is 0 Å². The fourth-order valence-corrected chi connectivity index (χ4v) is 5.75. The van der Waals surface area contributed by atoms with E-state index in [9.17, 15) is 8.78 Å². The normalized spacial score (nSPS) is 16.7. The second kappa shape index (κ2) is 8.67. The lowest BCUT2D eigenvalue weighted by Gasteiger charge is -2.57. The first kappa shape index (κ1) is 22.8. The van der Waals surface area contributed by atoms with Crippen LogP contribution >= 0.6 is 0 Å². The molecule has 2 aromatic carbocycles. The summed E-state index contributed by atoms with van der Waals surface area (Å²) in [4.78, 5) is 12.1. The molecule has 5 nitrogen and oxygen atoms in total. The van der Waals surface area contributed by atoms with Gasteiger partial charge < -0.3 is 16.0 Å². The molecule has 34 heavy (non-hydrogen) atoms. The molecule has 2 fully saturated rings. The van der Waals surface area contributed by atoms with Crippen LogP contribution in [0.1, 0.15) is 67.6 Å². The molecule has 3 aromatic rings. The Labute approximate surface area is 199 Å². The molecule has 0 amide bonds. The molecular weight excluding hydrogens is 432 g/mol. The van der Waals surface area contributed by atoms with Crippen LogP contribution < -0.4 is 16.0 Å². The van der Waals surface area contributed by atoms with E-state index >= 15 is 0 Å². The van der Waals surface area contributed by atoms with Gasteiger partial charge in [-0.3, -0.25) is 0 Å². The van der Waals surface area contributed by atoms with Gasteiger partial charge in [-0.05, 0) is 73.6 Å². The summed E-state index contributed by atoms with van der Waals surface area (Å²) >= 11 is 0. The number of nitrogens with two attached hydrogens (primary N) is 1. The molecule has 1 aromatic heterocycles. The number of nitrogens with one attached hydrogen (secondary N) is 1. The van der Waals surface area contributed by atoms with E-state index in [4.69, 9.17) is 15.7 Å². The second-order valence-corrected chi connectivity index (χ2v) is 9.95. The Kier molecular flexibility index (Phi) is 5.82. The Morgan fingerprint density at radius 1 is 1.06 bits per heavy atom. The van der Waals surface area contributed by atoms with Gasteiger partial charge in [-0.2, -0.15) is 0 Å². The summed E-state index contributed by atoms with van der Waals surface area (Å²) in [5.74, 6) is 1.43. The van der Waals surface area contributed by atoms with Crippen molar-refractivity contribution >= 4 is 28.1 Å². The molecule has 1 aliphatic carbocycles. The van der Waals surface area contributed by atoms with Crippen molar-refractivity contribution in [1.82, 2.24) is 9.97 Å². The van der Waals surface area contributed by atoms with Crippen LogP contribution in [-0.4, -0.2) is 23.1 Å². The average Bonchev–Trinajstić information content (AvgIpc) is 2.74. The number of aryl methyl sites for hydroxylation is 2. The van der Waals surface area contributed by atoms with Gasteiger partial charge in [0.25, 0.3) is 6.43 Å². The summed E-state index contributed by atoms with van der Waals surface area (Å²) in [6, 6.07) is 6.79. The molecular formula is C27H33F2N5. The van der Waals surface area contributed by atoms with E-state index in [1.165, 1.54) is 48.2 Å². The average molecular weight is 466 g/mol. The number of nitrogens with zero attached hydrogens (tertiary/aromatic N) is 3. The number of hydrogen-bond acceptors (Lipinski definition) is 5. The minimum Gasteiger partial charge on any atom is -0.399 e. The van der Waals surface area contributed by atoms with Crippen LogP contribution in [0.15, 0.2) is 24.3 Å². The van der Waals surface area contributed by atoms with Crippen LogP contribution in [0.5, 0.6) is 0 Å². The van der Waals surface area contributed by atoms with Crippen molar-refractivity contribution in [2.45, 2.75) is 65.8 Å². The third-order valence-corrected chi connectivity index (χ3v) is 7.56. The van der Waals surface area contributed by atoms with Gasteiger partial charge in [-0.25, -0.2) is 18.7 Å². The van der Waals surface area contributed by atoms with Crippen molar-refractivity contribution < 1.29 is 8.78 Å². The quantitative estimate of drug-likeness (QED) is 0.408. The Hall–Kier alpha value is -2.96. The van der Waals surface area contributed by atoms with E-state index in [1.807, 2.05) is 6.92 Å². The molecule has 180 valence electrons. The minimum absolute atomic E-state index is 0.0635. The van der Waals surface area contributed by atoms with Crippen LogP contribution in [0.2, 0.25) is 0 Å².